The van der Waals surface area contributed by atoms with Crippen LogP contribution in [-0.2, 0) is 19.1 Å². The van der Waals surface area contributed by atoms with Gasteiger partial charge < -0.3 is 21.1 Å². The van der Waals surface area contributed by atoms with Crippen molar-refractivity contribution in [1.29, 1.82) is 0 Å². The van der Waals surface area contributed by atoms with E-state index < -0.39 is 28.1 Å². The standard InChI is InChI=1S/C19H22N4O6S/c1-23(2)17(24)16(29-30(3,26)27)12-6-10-15(11-7-12)28-18(25)13-4-8-14(9-5-13)22-19(20)21/h4-11,16H,1-3H3,(H4,20,21,22). The number of aliphatic imine (C=N–C) groups is 1. The van der Waals surface area contributed by atoms with Gasteiger partial charge in [-0.05, 0) is 42.0 Å². The summed E-state index contributed by atoms with van der Waals surface area (Å²) in [5, 5.41) is 0. The Labute approximate surface area is 174 Å². The van der Waals surface area contributed by atoms with Gasteiger partial charge in [-0.15, -0.1) is 0 Å². The van der Waals surface area contributed by atoms with Crippen LogP contribution < -0.4 is 16.2 Å². The van der Waals surface area contributed by atoms with Crippen LogP contribution in [0.3, 0.4) is 0 Å². The quantitative estimate of drug-likeness (QED) is 0.214. The second-order valence-corrected chi connectivity index (χ2v) is 8.06. The highest BCUT2D eigenvalue weighted by Crippen LogP contribution is 2.24. The summed E-state index contributed by atoms with van der Waals surface area (Å²) in [4.78, 5) is 29.6. The van der Waals surface area contributed by atoms with Crippen molar-refractivity contribution in [3.05, 3.63) is 59.7 Å². The third-order valence-electron chi connectivity index (χ3n) is 3.69. The molecule has 0 aliphatic heterocycles. The molecule has 0 aliphatic rings. The number of ether oxygens (including phenoxy) is 1. The van der Waals surface area contributed by atoms with Crippen LogP contribution >= 0.6 is 0 Å². The highest BCUT2D eigenvalue weighted by Gasteiger charge is 2.27. The third-order valence-corrected chi connectivity index (χ3v) is 4.23. The number of carbonyl (C=O) groups excluding carboxylic acids is 2. The molecule has 11 heteroatoms. The first-order chi connectivity index (χ1) is 14.0. The predicted octanol–water partition coefficient (Wildman–Crippen LogP) is 0.916. The van der Waals surface area contributed by atoms with Crippen LogP contribution in [-0.4, -0.2) is 51.5 Å². The van der Waals surface area contributed by atoms with Gasteiger partial charge >= 0.3 is 5.97 Å². The van der Waals surface area contributed by atoms with E-state index in [1.54, 1.807) is 12.1 Å². The molecule has 0 aromatic heterocycles. The van der Waals surface area contributed by atoms with E-state index in [4.69, 9.17) is 20.4 Å². The van der Waals surface area contributed by atoms with E-state index >= 15 is 0 Å². The minimum absolute atomic E-state index is 0.101. The maximum absolute atomic E-state index is 12.3. The molecule has 2 aromatic carbocycles. The van der Waals surface area contributed by atoms with Gasteiger partial charge in [-0.2, -0.15) is 8.42 Å². The molecule has 0 fully saturated rings. The SMILES string of the molecule is CN(C)C(=O)C(OS(C)(=O)=O)c1ccc(OC(=O)c2ccc(N=C(N)N)cc2)cc1. The molecule has 0 heterocycles. The fraction of sp³-hybridized carbons (Fsp3) is 0.211. The van der Waals surface area contributed by atoms with Crippen molar-refractivity contribution in [1.82, 2.24) is 4.90 Å². The van der Waals surface area contributed by atoms with E-state index in [9.17, 15) is 18.0 Å². The Kier molecular flexibility index (Phi) is 7.14. The minimum Gasteiger partial charge on any atom is -0.423 e. The Bertz CT molecular complexity index is 1040. The van der Waals surface area contributed by atoms with Gasteiger partial charge in [0.25, 0.3) is 16.0 Å². The van der Waals surface area contributed by atoms with Crippen molar-refractivity contribution in [2.24, 2.45) is 16.5 Å². The largest absolute Gasteiger partial charge is 0.423 e. The normalized spacial score (nSPS) is 12.0. The van der Waals surface area contributed by atoms with Gasteiger partial charge in [0.15, 0.2) is 12.1 Å². The van der Waals surface area contributed by atoms with Gasteiger partial charge in [0.1, 0.15) is 5.75 Å². The van der Waals surface area contributed by atoms with Crippen molar-refractivity contribution in [2.45, 2.75) is 6.10 Å². The molecule has 4 N–H and O–H groups in total. The molecule has 10 nitrogen and oxygen atoms in total. The first kappa shape index (κ1) is 22.8. The number of nitrogens with zero attached hydrogens (tertiary/aromatic N) is 2. The lowest BCUT2D eigenvalue weighted by molar-refractivity contribution is -0.136. The van der Waals surface area contributed by atoms with E-state index in [0.29, 0.717) is 11.3 Å². The molecular formula is C19H22N4O6S. The van der Waals surface area contributed by atoms with E-state index in [-0.39, 0.29) is 17.3 Å². The van der Waals surface area contributed by atoms with Crippen LogP contribution in [0.1, 0.15) is 22.0 Å². The predicted molar refractivity (Wildman–Crippen MR) is 111 cm³/mol. The van der Waals surface area contributed by atoms with E-state index in [1.165, 1.54) is 55.4 Å². The lowest BCUT2D eigenvalue weighted by Gasteiger charge is -2.20. The van der Waals surface area contributed by atoms with Crippen molar-refractivity contribution in [3.63, 3.8) is 0 Å². The minimum atomic E-state index is -3.88. The zero-order valence-corrected chi connectivity index (χ0v) is 17.4. The van der Waals surface area contributed by atoms with Gasteiger partial charge in [-0.1, -0.05) is 12.1 Å². The average molecular weight is 434 g/mol. The number of rotatable bonds is 7. The van der Waals surface area contributed by atoms with Crippen LogP contribution in [0.2, 0.25) is 0 Å². The molecular weight excluding hydrogens is 412 g/mol. The monoisotopic (exact) mass is 434 g/mol. The van der Waals surface area contributed by atoms with Crippen molar-refractivity contribution >= 4 is 33.6 Å². The molecule has 0 saturated carbocycles. The van der Waals surface area contributed by atoms with Gasteiger partial charge in [0, 0.05) is 14.1 Å². The molecule has 1 atom stereocenters. The highest BCUT2D eigenvalue weighted by molar-refractivity contribution is 7.86. The molecule has 0 aliphatic carbocycles. The summed E-state index contributed by atoms with van der Waals surface area (Å²) < 4.78 is 33.2. The van der Waals surface area contributed by atoms with Crippen LogP contribution in [0.15, 0.2) is 53.5 Å². The number of amides is 1. The summed E-state index contributed by atoms with van der Waals surface area (Å²) in [6.45, 7) is 0. The molecule has 1 amide bonds. The molecule has 160 valence electrons. The number of carbonyl (C=O) groups is 2. The molecule has 0 radical (unpaired) electrons. The zero-order chi connectivity index (χ0) is 22.5. The molecule has 0 bridgehead atoms. The molecule has 0 saturated heterocycles. The van der Waals surface area contributed by atoms with Crippen LogP contribution in [0, 0.1) is 0 Å². The van der Waals surface area contributed by atoms with Crippen molar-refractivity contribution in [2.75, 3.05) is 20.4 Å². The number of benzene rings is 2. The van der Waals surface area contributed by atoms with Gasteiger partial charge in [-0.3, -0.25) is 8.98 Å². The molecule has 1 unspecified atom stereocenters. The van der Waals surface area contributed by atoms with Crippen molar-refractivity contribution in [3.8, 4) is 5.75 Å². The first-order valence-corrected chi connectivity index (χ1v) is 10.4. The fourth-order valence-corrected chi connectivity index (χ4v) is 2.89. The smallest absolute Gasteiger partial charge is 0.343 e. The van der Waals surface area contributed by atoms with Gasteiger partial charge in [0.2, 0.25) is 0 Å². The summed E-state index contributed by atoms with van der Waals surface area (Å²) in [7, 11) is -0.921. The number of hydrogen-bond donors (Lipinski definition) is 2. The van der Waals surface area contributed by atoms with E-state index in [0.717, 1.165) is 6.26 Å². The maximum atomic E-state index is 12.3. The summed E-state index contributed by atoms with van der Waals surface area (Å²) in [5.74, 6) is -1.07. The average Bonchev–Trinajstić information content (AvgIpc) is 2.65. The fourth-order valence-electron chi connectivity index (χ4n) is 2.35. The summed E-state index contributed by atoms with van der Waals surface area (Å²) in [6.07, 6.45) is -0.486. The molecule has 30 heavy (non-hydrogen) atoms. The Morgan fingerprint density at radius 1 is 1.00 bits per heavy atom. The van der Waals surface area contributed by atoms with E-state index in [2.05, 4.69) is 4.99 Å². The van der Waals surface area contributed by atoms with Crippen molar-refractivity contribution < 1.29 is 26.9 Å². The lowest BCUT2D eigenvalue weighted by atomic mass is 10.1. The topological polar surface area (TPSA) is 154 Å². The molecule has 0 spiro atoms. The van der Waals surface area contributed by atoms with Gasteiger partial charge in [-0.25, -0.2) is 9.79 Å². The summed E-state index contributed by atoms with van der Waals surface area (Å²) in [6, 6.07) is 11.9. The number of nitrogens with two attached hydrogens (primary N) is 2. The third kappa shape index (κ3) is 6.57. The lowest BCUT2D eigenvalue weighted by Crippen LogP contribution is -2.31. The maximum Gasteiger partial charge on any atom is 0.343 e. The Morgan fingerprint density at radius 2 is 1.57 bits per heavy atom. The number of likely N-dealkylation sites (N-methyl/N-ethyl adjacent to an activating group) is 1. The zero-order valence-electron chi connectivity index (χ0n) is 16.6. The first-order valence-electron chi connectivity index (χ1n) is 8.57. The molecule has 2 aromatic rings. The van der Waals surface area contributed by atoms with Crippen LogP contribution in [0.4, 0.5) is 5.69 Å². The second kappa shape index (κ2) is 9.37. The Balaban J connectivity index is 2.16. The summed E-state index contributed by atoms with van der Waals surface area (Å²) in [5.41, 5.74) is 11.6. The van der Waals surface area contributed by atoms with Crippen LogP contribution in [0.5, 0.6) is 5.75 Å². The Hall–Kier alpha value is -3.44. The number of guanidine groups is 1. The van der Waals surface area contributed by atoms with Gasteiger partial charge in [0.05, 0.1) is 17.5 Å². The number of hydrogen-bond acceptors (Lipinski definition) is 7. The second-order valence-electron chi connectivity index (χ2n) is 6.46. The van der Waals surface area contributed by atoms with Crippen LogP contribution in [0.25, 0.3) is 0 Å². The Morgan fingerprint density at radius 3 is 2.03 bits per heavy atom. The number of esters is 1. The molecule has 2 rings (SSSR count). The summed E-state index contributed by atoms with van der Waals surface area (Å²) >= 11 is 0. The van der Waals surface area contributed by atoms with E-state index in [1.807, 2.05) is 0 Å². The highest BCUT2D eigenvalue weighted by atomic mass is 32.2.